The van der Waals surface area contributed by atoms with Crippen molar-refractivity contribution in [2.24, 2.45) is 5.41 Å². The largest absolute Gasteiger partial charge is 0.350 e. The standard InChI is InChI=1S/C32H40N2O2/c1-31(2,3)30(35)34-22-18-32(36-24-34,29-11-5-4-6-12-29)17-21-33-19-15-26(16-20-33)28-14-13-25-9-7-8-10-27(25)23-28/h4-14,23,26H,15-22,24H2,1-3H3. The van der Waals surface area contributed by atoms with Crippen LogP contribution in [0.4, 0.5) is 0 Å². The van der Waals surface area contributed by atoms with E-state index in [9.17, 15) is 4.79 Å². The predicted molar refractivity (Wildman–Crippen MR) is 147 cm³/mol. The van der Waals surface area contributed by atoms with Crippen LogP contribution in [0.2, 0.25) is 0 Å². The number of nitrogens with zero attached hydrogens (tertiary/aromatic N) is 2. The van der Waals surface area contributed by atoms with Gasteiger partial charge in [0, 0.05) is 18.5 Å². The zero-order valence-electron chi connectivity index (χ0n) is 22.1. The molecule has 2 heterocycles. The molecule has 3 aromatic rings. The van der Waals surface area contributed by atoms with Crippen molar-refractivity contribution in [3.63, 3.8) is 0 Å². The van der Waals surface area contributed by atoms with Gasteiger partial charge >= 0.3 is 0 Å². The predicted octanol–water partition coefficient (Wildman–Crippen LogP) is 6.56. The number of rotatable bonds is 5. The van der Waals surface area contributed by atoms with E-state index < -0.39 is 0 Å². The summed E-state index contributed by atoms with van der Waals surface area (Å²) in [6.45, 7) is 10.3. The molecular formula is C32H40N2O2. The zero-order chi connectivity index (χ0) is 25.2. The normalized spacial score (nSPS) is 22.1. The number of hydrogen-bond donors (Lipinski definition) is 0. The average Bonchev–Trinajstić information content (AvgIpc) is 2.92. The molecule has 3 aromatic carbocycles. The molecule has 0 aliphatic carbocycles. The summed E-state index contributed by atoms with van der Waals surface area (Å²) in [5.74, 6) is 0.803. The highest BCUT2D eigenvalue weighted by Crippen LogP contribution is 2.38. The molecule has 2 fully saturated rings. The molecule has 1 atom stereocenters. The molecule has 0 aromatic heterocycles. The average molecular weight is 485 g/mol. The van der Waals surface area contributed by atoms with Crippen LogP contribution in [-0.2, 0) is 15.1 Å². The smallest absolute Gasteiger partial charge is 0.229 e. The highest BCUT2D eigenvalue weighted by atomic mass is 16.5. The quantitative estimate of drug-likeness (QED) is 0.411. The minimum atomic E-state index is -0.383. The monoisotopic (exact) mass is 484 g/mol. The zero-order valence-corrected chi connectivity index (χ0v) is 22.1. The van der Waals surface area contributed by atoms with Crippen LogP contribution in [0.3, 0.4) is 0 Å². The molecule has 4 nitrogen and oxygen atoms in total. The first-order valence-electron chi connectivity index (χ1n) is 13.5. The molecule has 0 radical (unpaired) electrons. The van der Waals surface area contributed by atoms with Gasteiger partial charge in [0.1, 0.15) is 6.73 Å². The van der Waals surface area contributed by atoms with Gasteiger partial charge in [-0.1, -0.05) is 93.6 Å². The summed E-state index contributed by atoms with van der Waals surface area (Å²) in [4.78, 5) is 17.3. The summed E-state index contributed by atoms with van der Waals surface area (Å²) in [7, 11) is 0. The van der Waals surface area contributed by atoms with Gasteiger partial charge in [-0.3, -0.25) is 4.79 Å². The van der Waals surface area contributed by atoms with Crippen LogP contribution in [-0.4, -0.2) is 48.6 Å². The molecule has 0 N–H and O–H groups in total. The van der Waals surface area contributed by atoms with Crippen LogP contribution in [0.1, 0.15) is 63.5 Å². The topological polar surface area (TPSA) is 32.8 Å². The summed E-state index contributed by atoms with van der Waals surface area (Å²) in [5, 5.41) is 2.66. The molecule has 4 heteroatoms. The molecule has 190 valence electrons. The number of benzene rings is 3. The maximum absolute atomic E-state index is 12.8. The minimum absolute atomic E-state index is 0.167. The van der Waals surface area contributed by atoms with Gasteiger partial charge in [0.2, 0.25) is 5.91 Å². The van der Waals surface area contributed by atoms with Gasteiger partial charge in [-0.2, -0.15) is 0 Å². The Labute approximate surface area is 216 Å². The Morgan fingerprint density at radius 1 is 0.917 bits per heavy atom. The fourth-order valence-electron chi connectivity index (χ4n) is 5.89. The van der Waals surface area contributed by atoms with Gasteiger partial charge in [-0.15, -0.1) is 0 Å². The van der Waals surface area contributed by atoms with Crippen molar-refractivity contribution in [1.82, 2.24) is 9.80 Å². The second kappa shape index (κ2) is 10.4. The van der Waals surface area contributed by atoms with Gasteiger partial charge in [-0.25, -0.2) is 0 Å². The van der Waals surface area contributed by atoms with Gasteiger partial charge < -0.3 is 14.5 Å². The molecule has 5 rings (SSSR count). The third kappa shape index (κ3) is 5.35. The van der Waals surface area contributed by atoms with Crippen LogP contribution in [0.15, 0.2) is 72.8 Å². The van der Waals surface area contributed by atoms with Gasteiger partial charge in [0.25, 0.3) is 0 Å². The molecule has 0 bridgehead atoms. The summed E-state index contributed by atoms with van der Waals surface area (Å²) >= 11 is 0. The molecule has 2 aliphatic rings. The van der Waals surface area contributed by atoms with Crippen molar-refractivity contribution in [2.75, 3.05) is 32.9 Å². The first kappa shape index (κ1) is 25.0. The Hall–Kier alpha value is -2.69. The van der Waals surface area contributed by atoms with E-state index in [1.807, 2.05) is 25.7 Å². The van der Waals surface area contributed by atoms with E-state index >= 15 is 0 Å². The molecular weight excluding hydrogens is 444 g/mol. The Morgan fingerprint density at radius 2 is 1.61 bits per heavy atom. The van der Waals surface area contributed by atoms with E-state index in [-0.39, 0.29) is 16.9 Å². The number of amides is 1. The van der Waals surface area contributed by atoms with E-state index in [0.717, 1.165) is 39.0 Å². The molecule has 2 aliphatic heterocycles. The van der Waals surface area contributed by atoms with Gasteiger partial charge in [-0.05, 0) is 66.6 Å². The van der Waals surface area contributed by atoms with Crippen molar-refractivity contribution in [1.29, 1.82) is 0 Å². The van der Waals surface area contributed by atoms with Crippen molar-refractivity contribution < 1.29 is 9.53 Å². The molecule has 2 saturated heterocycles. The highest BCUT2D eigenvalue weighted by molar-refractivity contribution is 5.83. The third-order valence-electron chi connectivity index (χ3n) is 8.18. The van der Waals surface area contributed by atoms with Crippen molar-refractivity contribution >= 4 is 16.7 Å². The van der Waals surface area contributed by atoms with E-state index in [1.165, 1.54) is 34.7 Å². The maximum atomic E-state index is 12.8. The van der Waals surface area contributed by atoms with Crippen LogP contribution >= 0.6 is 0 Å². The van der Waals surface area contributed by atoms with Crippen LogP contribution in [0.5, 0.6) is 0 Å². The highest BCUT2D eigenvalue weighted by Gasteiger charge is 2.40. The lowest BCUT2D eigenvalue weighted by Gasteiger charge is -2.45. The summed E-state index contributed by atoms with van der Waals surface area (Å²) in [6, 6.07) is 26.3. The van der Waals surface area contributed by atoms with Crippen molar-refractivity contribution in [2.45, 2.75) is 58.0 Å². The van der Waals surface area contributed by atoms with E-state index in [1.54, 1.807) is 0 Å². The van der Waals surface area contributed by atoms with Crippen LogP contribution in [0.25, 0.3) is 10.8 Å². The number of carbonyl (C=O) groups is 1. The Bertz CT molecular complexity index is 1170. The second-order valence-electron chi connectivity index (χ2n) is 11.7. The lowest BCUT2D eigenvalue weighted by Crippen LogP contribution is -2.51. The number of likely N-dealkylation sites (tertiary alicyclic amines) is 1. The third-order valence-corrected chi connectivity index (χ3v) is 8.18. The molecule has 0 spiro atoms. The lowest BCUT2D eigenvalue weighted by molar-refractivity contribution is -0.175. The minimum Gasteiger partial charge on any atom is -0.350 e. The number of ether oxygens (including phenoxy) is 1. The Balaban J connectivity index is 1.21. The van der Waals surface area contributed by atoms with E-state index in [4.69, 9.17) is 4.74 Å². The fourth-order valence-corrected chi connectivity index (χ4v) is 5.89. The van der Waals surface area contributed by atoms with E-state index in [0.29, 0.717) is 12.6 Å². The maximum Gasteiger partial charge on any atom is 0.229 e. The Morgan fingerprint density at radius 3 is 2.28 bits per heavy atom. The molecule has 1 amide bonds. The molecule has 0 saturated carbocycles. The fraction of sp³-hybridized carbons (Fsp3) is 0.469. The first-order valence-corrected chi connectivity index (χ1v) is 13.5. The lowest BCUT2D eigenvalue weighted by atomic mass is 9.84. The number of piperidine rings is 1. The number of carbonyl (C=O) groups excluding carboxylic acids is 1. The van der Waals surface area contributed by atoms with Gasteiger partial charge in [0.05, 0.1) is 5.60 Å². The van der Waals surface area contributed by atoms with Crippen LogP contribution < -0.4 is 0 Å². The van der Waals surface area contributed by atoms with Gasteiger partial charge in [0.15, 0.2) is 0 Å². The Kier molecular flexibility index (Phi) is 7.18. The second-order valence-corrected chi connectivity index (χ2v) is 11.7. The molecule has 1 unspecified atom stereocenters. The van der Waals surface area contributed by atoms with Crippen LogP contribution in [0, 0.1) is 5.41 Å². The summed E-state index contributed by atoms with van der Waals surface area (Å²) < 4.78 is 6.58. The molecule has 36 heavy (non-hydrogen) atoms. The van der Waals surface area contributed by atoms with Crippen molar-refractivity contribution in [3.05, 3.63) is 83.9 Å². The summed E-state index contributed by atoms with van der Waals surface area (Å²) in [5.41, 5.74) is 2.00. The number of fused-ring (bicyclic) bond motifs is 1. The number of hydrogen-bond acceptors (Lipinski definition) is 3. The summed E-state index contributed by atoms with van der Waals surface area (Å²) in [6.07, 6.45) is 4.19. The SMILES string of the molecule is CC(C)(C)C(=O)N1CCC(CCN2CCC(c3ccc4ccccc4c3)CC2)(c2ccccc2)OC1. The van der Waals surface area contributed by atoms with Crippen molar-refractivity contribution in [3.8, 4) is 0 Å². The first-order chi connectivity index (χ1) is 17.3. The van der Waals surface area contributed by atoms with E-state index in [2.05, 4.69) is 77.7 Å².